The van der Waals surface area contributed by atoms with Crippen LogP contribution in [0.25, 0.3) is 5.57 Å². The number of fused-ring (bicyclic) bond motifs is 4. The normalized spacial score (nSPS) is 28.7. The van der Waals surface area contributed by atoms with Gasteiger partial charge in [-0.25, -0.2) is 4.58 Å². The third kappa shape index (κ3) is 1.50. The van der Waals surface area contributed by atoms with E-state index in [0.29, 0.717) is 0 Å². The van der Waals surface area contributed by atoms with E-state index in [1.165, 1.54) is 48.8 Å². The van der Waals surface area contributed by atoms with Crippen LogP contribution < -0.4 is 0 Å². The second kappa shape index (κ2) is 4.52. The fourth-order valence-electron chi connectivity index (χ4n) is 4.87. The summed E-state index contributed by atoms with van der Waals surface area (Å²) in [6, 6.07) is 8.45. The molecule has 1 atom stereocenters. The third-order valence-corrected chi connectivity index (χ3v) is 5.97. The van der Waals surface area contributed by atoms with Crippen molar-refractivity contribution in [3.05, 3.63) is 53.6 Å². The molecular formula is C20H23N2+. The van der Waals surface area contributed by atoms with Crippen molar-refractivity contribution >= 4 is 18.0 Å². The first-order valence-electron chi connectivity index (χ1n) is 8.26. The van der Waals surface area contributed by atoms with Crippen LogP contribution in [0.2, 0.25) is 0 Å². The molecule has 1 aromatic carbocycles. The van der Waals surface area contributed by atoms with E-state index in [0.717, 1.165) is 5.57 Å². The number of allylic oxidation sites excluding steroid dienone is 2. The van der Waals surface area contributed by atoms with Gasteiger partial charge in [0.05, 0.1) is 0 Å². The molecule has 1 heterocycles. The molecule has 0 saturated heterocycles. The highest BCUT2D eigenvalue weighted by molar-refractivity contribution is 6.05. The van der Waals surface area contributed by atoms with Gasteiger partial charge in [-0.1, -0.05) is 37.3 Å². The number of benzene rings is 1. The number of nitrogens with zero attached hydrogens (tertiary/aromatic N) is 1. The van der Waals surface area contributed by atoms with Crippen LogP contribution in [0, 0.1) is 5.41 Å². The molecule has 3 aliphatic rings. The molecule has 1 N–H and O–H groups in total. The van der Waals surface area contributed by atoms with Gasteiger partial charge in [0, 0.05) is 24.6 Å². The molecule has 0 aromatic heterocycles. The van der Waals surface area contributed by atoms with Crippen molar-refractivity contribution in [2.45, 2.75) is 43.1 Å². The van der Waals surface area contributed by atoms with E-state index in [2.05, 4.69) is 54.8 Å². The summed E-state index contributed by atoms with van der Waals surface area (Å²) >= 11 is 0. The van der Waals surface area contributed by atoms with Gasteiger partial charge in [-0.05, 0) is 35.6 Å². The first-order valence-corrected chi connectivity index (χ1v) is 8.26. The van der Waals surface area contributed by atoms with E-state index in [4.69, 9.17) is 5.41 Å². The Morgan fingerprint density at radius 2 is 1.91 bits per heavy atom. The first-order chi connectivity index (χ1) is 10.6. The van der Waals surface area contributed by atoms with Crippen molar-refractivity contribution in [1.29, 1.82) is 5.41 Å². The molecule has 1 fully saturated rings. The quantitative estimate of drug-likeness (QED) is 0.599. The van der Waals surface area contributed by atoms with E-state index >= 15 is 0 Å². The smallest absolute Gasteiger partial charge is 0.185 e. The SMILES string of the molecule is C=C1C=C2C3(CCCCC3)[N+](C)=C[C@@]2(C=N)c2ccccc21. The largest absolute Gasteiger partial charge is 0.311 e. The Bertz CT molecular complexity index is 732. The maximum Gasteiger partial charge on any atom is 0.185 e. The third-order valence-electron chi connectivity index (χ3n) is 5.97. The number of rotatable bonds is 1. The minimum absolute atomic E-state index is 0.0896. The number of likely N-dealkylation sites (N-methyl/N-ethyl adjacent to an activating group) is 1. The van der Waals surface area contributed by atoms with Gasteiger partial charge in [-0.3, -0.25) is 0 Å². The van der Waals surface area contributed by atoms with Gasteiger partial charge in [0.1, 0.15) is 12.5 Å². The highest BCUT2D eigenvalue weighted by Crippen LogP contribution is 2.52. The van der Waals surface area contributed by atoms with Crippen LogP contribution >= 0.6 is 0 Å². The summed E-state index contributed by atoms with van der Waals surface area (Å²) in [5.74, 6) is 0. The van der Waals surface area contributed by atoms with E-state index in [1.54, 1.807) is 6.21 Å². The fraction of sp³-hybridized carbons (Fsp3) is 0.400. The highest BCUT2D eigenvalue weighted by atomic mass is 15.1. The average molecular weight is 291 g/mol. The molecule has 22 heavy (non-hydrogen) atoms. The lowest BCUT2D eigenvalue weighted by Gasteiger charge is -2.37. The molecule has 0 amide bonds. The summed E-state index contributed by atoms with van der Waals surface area (Å²) in [4.78, 5) is 0. The molecule has 1 saturated carbocycles. The lowest BCUT2D eigenvalue weighted by atomic mass is 9.62. The second-order valence-corrected chi connectivity index (χ2v) is 6.97. The van der Waals surface area contributed by atoms with Crippen LogP contribution in [0.4, 0.5) is 0 Å². The standard InChI is InChI=1S/C20H23N2/c1-15-12-18-19(13-21,17-9-5-4-8-16(15)17)14-22(2)20(18)10-6-3-7-11-20/h4-5,8-9,12-14,21H,1,3,6-7,10-11H2,2H3/q+1/t19-/m0/s1. The Hall–Kier alpha value is -1.96. The Kier molecular flexibility index (Phi) is 2.81. The van der Waals surface area contributed by atoms with Crippen LogP contribution in [0.1, 0.15) is 43.2 Å². The van der Waals surface area contributed by atoms with Crippen molar-refractivity contribution in [2.75, 3.05) is 7.05 Å². The van der Waals surface area contributed by atoms with Gasteiger partial charge in [0.2, 0.25) is 0 Å². The van der Waals surface area contributed by atoms with Crippen molar-refractivity contribution in [1.82, 2.24) is 0 Å². The first kappa shape index (κ1) is 13.7. The van der Waals surface area contributed by atoms with Crippen LogP contribution in [-0.2, 0) is 5.41 Å². The maximum atomic E-state index is 8.25. The predicted molar refractivity (Wildman–Crippen MR) is 92.1 cm³/mol. The lowest BCUT2D eigenvalue weighted by molar-refractivity contribution is -0.566. The number of hydrogen-bond donors (Lipinski definition) is 1. The van der Waals surface area contributed by atoms with Gasteiger partial charge < -0.3 is 5.41 Å². The summed E-state index contributed by atoms with van der Waals surface area (Å²) in [5, 5.41) is 8.25. The Morgan fingerprint density at radius 1 is 1.18 bits per heavy atom. The highest BCUT2D eigenvalue weighted by Gasteiger charge is 2.60. The Labute approximate surface area is 132 Å². The predicted octanol–water partition coefficient (Wildman–Crippen LogP) is 3.96. The van der Waals surface area contributed by atoms with Gasteiger partial charge in [-0.15, -0.1) is 0 Å². The minimum atomic E-state index is -0.371. The summed E-state index contributed by atoms with van der Waals surface area (Å²) in [5.41, 5.74) is 4.60. The van der Waals surface area contributed by atoms with Crippen LogP contribution in [0.3, 0.4) is 0 Å². The maximum absolute atomic E-state index is 8.25. The molecule has 2 aliphatic carbocycles. The fourth-order valence-corrected chi connectivity index (χ4v) is 4.87. The summed E-state index contributed by atoms with van der Waals surface area (Å²) in [7, 11) is 2.20. The summed E-state index contributed by atoms with van der Waals surface area (Å²) in [6.45, 7) is 4.30. The second-order valence-electron chi connectivity index (χ2n) is 6.97. The monoisotopic (exact) mass is 291 g/mol. The van der Waals surface area contributed by atoms with Crippen LogP contribution in [-0.4, -0.2) is 29.6 Å². The molecule has 0 unspecified atom stereocenters. The molecule has 2 heteroatoms. The summed E-state index contributed by atoms with van der Waals surface area (Å²) in [6.07, 6.45) is 12.5. The topological polar surface area (TPSA) is 26.9 Å². The van der Waals surface area contributed by atoms with Crippen LogP contribution in [0.15, 0.2) is 42.5 Å². The summed E-state index contributed by atoms with van der Waals surface area (Å²) < 4.78 is 2.40. The van der Waals surface area contributed by atoms with Gasteiger partial charge in [0.25, 0.3) is 0 Å². The van der Waals surface area contributed by atoms with Crippen molar-refractivity contribution < 1.29 is 4.58 Å². The van der Waals surface area contributed by atoms with Gasteiger partial charge in [0.15, 0.2) is 11.8 Å². The molecule has 1 aromatic rings. The molecule has 1 aliphatic heterocycles. The van der Waals surface area contributed by atoms with Crippen molar-refractivity contribution in [2.24, 2.45) is 0 Å². The molecule has 0 radical (unpaired) electrons. The zero-order chi connectivity index (χ0) is 15.4. The number of hydrogen-bond acceptors (Lipinski definition) is 1. The van der Waals surface area contributed by atoms with E-state index in [-0.39, 0.29) is 11.0 Å². The van der Waals surface area contributed by atoms with E-state index in [1.807, 2.05) is 0 Å². The van der Waals surface area contributed by atoms with Crippen LogP contribution in [0.5, 0.6) is 0 Å². The molecule has 0 bridgehead atoms. The molecule has 1 spiro atoms. The Balaban J connectivity index is 2.00. The Morgan fingerprint density at radius 3 is 2.64 bits per heavy atom. The van der Waals surface area contributed by atoms with Gasteiger partial charge >= 0.3 is 0 Å². The zero-order valence-corrected chi connectivity index (χ0v) is 13.2. The van der Waals surface area contributed by atoms with Gasteiger partial charge in [-0.2, -0.15) is 0 Å². The zero-order valence-electron chi connectivity index (χ0n) is 13.2. The number of nitrogens with one attached hydrogen (secondary N) is 1. The lowest BCUT2D eigenvalue weighted by Crippen LogP contribution is -2.44. The molecule has 2 nitrogen and oxygen atoms in total. The van der Waals surface area contributed by atoms with Crippen molar-refractivity contribution in [3.8, 4) is 0 Å². The molecule has 112 valence electrons. The minimum Gasteiger partial charge on any atom is -0.311 e. The average Bonchev–Trinajstić information content (AvgIpc) is 2.79. The molecular weight excluding hydrogens is 268 g/mol. The molecule has 4 rings (SSSR count). The van der Waals surface area contributed by atoms with E-state index < -0.39 is 0 Å². The van der Waals surface area contributed by atoms with Crippen molar-refractivity contribution in [3.63, 3.8) is 0 Å². The van der Waals surface area contributed by atoms with E-state index in [9.17, 15) is 0 Å².